The molecule has 1 aliphatic rings. The Hall–Kier alpha value is -1.04. The van der Waals surface area contributed by atoms with Crippen molar-refractivity contribution >= 4 is 0 Å². The number of hydrogen-bond acceptors (Lipinski definition) is 0. The zero-order valence-electron chi connectivity index (χ0n) is 8.80. The molecule has 0 fully saturated rings. The molecule has 0 N–H and O–H groups in total. The first kappa shape index (κ1) is 10.0. The summed E-state index contributed by atoms with van der Waals surface area (Å²) >= 11 is 0. The van der Waals surface area contributed by atoms with Crippen LogP contribution >= 0.6 is 0 Å². The molecule has 0 aromatic heterocycles. The van der Waals surface area contributed by atoms with E-state index in [2.05, 4.69) is 45.6 Å². The van der Waals surface area contributed by atoms with Crippen molar-refractivity contribution in [2.45, 2.75) is 27.2 Å². The molecule has 0 heterocycles. The minimum atomic E-state index is 0.348. The van der Waals surface area contributed by atoms with Gasteiger partial charge in [0.2, 0.25) is 0 Å². The van der Waals surface area contributed by atoms with Crippen molar-refractivity contribution in [1.29, 1.82) is 0 Å². The Morgan fingerprint density at radius 3 is 2.69 bits per heavy atom. The van der Waals surface area contributed by atoms with E-state index in [0.717, 1.165) is 6.42 Å². The predicted molar refractivity (Wildman–Crippen MR) is 59.6 cm³/mol. The van der Waals surface area contributed by atoms with Crippen LogP contribution in [0.2, 0.25) is 0 Å². The lowest BCUT2D eigenvalue weighted by molar-refractivity contribution is 0.499. The Balaban J connectivity index is 2.72. The van der Waals surface area contributed by atoms with Gasteiger partial charge in [-0.25, -0.2) is 0 Å². The third kappa shape index (κ3) is 3.06. The molecule has 0 unspecified atom stereocenters. The predicted octanol–water partition coefficient (Wildman–Crippen LogP) is 4.03. The molecule has 0 nitrogen and oxygen atoms in total. The van der Waals surface area contributed by atoms with E-state index in [4.69, 9.17) is 0 Å². The van der Waals surface area contributed by atoms with E-state index in [9.17, 15) is 0 Å². The summed E-state index contributed by atoms with van der Waals surface area (Å²) in [6.07, 6.45) is 11.7. The smallest absolute Gasteiger partial charge is 0.0131 e. The van der Waals surface area contributed by atoms with Crippen LogP contribution < -0.4 is 0 Å². The molecule has 70 valence electrons. The Kier molecular flexibility index (Phi) is 2.92. The largest absolute Gasteiger partial charge is 0.0991 e. The first-order valence-corrected chi connectivity index (χ1v) is 4.73. The first-order chi connectivity index (χ1) is 6.03. The van der Waals surface area contributed by atoms with Crippen molar-refractivity contribution in [3.8, 4) is 0 Å². The number of hydrogen-bond donors (Lipinski definition) is 0. The molecule has 0 aromatic rings. The second-order valence-electron chi connectivity index (χ2n) is 4.36. The van der Waals surface area contributed by atoms with Crippen LogP contribution in [0.5, 0.6) is 0 Å². The fraction of sp³-hybridized carbons (Fsp3) is 0.385. The van der Waals surface area contributed by atoms with Gasteiger partial charge >= 0.3 is 0 Å². The van der Waals surface area contributed by atoms with Gasteiger partial charge in [-0.1, -0.05) is 56.4 Å². The normalized spacial score (nSPS) is 23.9. The number of rotatable bonds is 2. The molecule has 0 aromatic carbocycles. The summed E-state index contributed by atoms with van der Waals surface area (Å²) in [5.41, 5.74) is 3.04. The highest BCUT2D eigenvalue weighted by atomic mass is 14.2. The van der Waals surface area contributed by atoms with Crippen LogP contribution in [0, 0.1) is 5.41 Å². The maximum absolute atomic E-state index is 3.68. The van der Waals surface area contributed by atoms with E-state index < -0.39 is 0 Å². The topological polar surface area (TPSA) is 0 Å². The molecule has 0 amide bonds. The molecule has 0 radical (unpaired) electrons. The van der Waals surface area contributed by atoms with E-state index >= 15 is 0 Å². The lowest BCUT2D eigenvalue weighted by atomic mass is 9.92. The average molecular weight is 174 g/mol. The van der Waals surface area contributed by atoms with Gasteiger partial charge in [0.05, 0.1) is 0 Å². The summed E-state index contributed by atoms with van der Waals surface area (Å²) in [6.45, 7) is 10.3. The van der Waals surface area contributed by atoms with Crippen molar-refractivity contribution < 1.29 is 0 Å². The monoisotopic (exact) mass is 174 g/mol. The quantitative estimate of drug-likeness (QED) is 0.554. The highest BCUT2D eigenvalue weighted by Crippen LogP contribution is 2.34. The zero-order chi connectivity index (χ0) is 9.90. The van der Waals surface area contributed by atoms with Gasteiger partial charge in [0, 0.05) is 0 Å². The highest BCUT2D eigenvalue weighted by Gasteiger charge is 2.20. The fourth-order valence-electron chi connectivity index (χ4n) is 1.60. The first-order valence-electron chi connectivity index (χ1n) is 4.73. The van der Waals surface area contributed by atoms with Gasteiger partial charge in [0.25, 0.3) is 0 Å². The maximum atomic E-state index is 3.68. The lowest BCUT2D eigenvalue weighted by Crippen LogP contribution is -2.01. The van der Waals surface area contributed by atoms with Crippen LogP contribution in [0.25, 0.3) is 0 Å². The molecular formula is C13H18. The van der Waals surface area contributed by atoms with Gasteiger partial charge in [-0.15, -0.1) is 0 Å². The van der Waals surface area contributed by atoms with Crippen LogP contribution in [-0.2, 0) is 0 Å². The van der Waals surface area contributed by atoms with Gasteiger partial charge in [0.1, 0.15) is 0 Å². The molecule has 13 heavy (non-hydrogen) atoms. The second kappa shape index (κ2) is 3.78. The highest BCUT2D eigenvalue weighted by molar-refractivity contribution is 5.36. The summed E-state index contributed by atoms with van der Waals surface area (Å²) in [6, 6.07) is 0. The Bertz CT molecular complexity index is 285. The van der Waals surface area contributed by atoms with E-state index in [-0.39, 0.29) is 0 Å². The van der Waals surface area contributed by atoms with Crippen LogP contribution in [0.3, 0.4) is 0 Å². The van der Waals surface area contributed by atoms with E-state index in [1.807, 2.05) is 12.2 Å². The fourth-order valence-corrected chi connectivity index (χ4v) is 1.60. The summed E-state index contributed by atoms with van der Waals surface area (Å²) < 4.78 is 0. The van der Waals surface area contributed by atoms with Crippen LogP contribution in [0.4, 0.5) is 0 Å². The molecule has 0 bridgehead atoms. The summed E-state index contributed by atoms with van der Waals surface area (Å²) in [5, 5.41) is 0. The van der Waals surface area contributed by atoms with Crippen LogP contribution in [0.1, 0.15) is 27.2 Å². The van der Waals surface area contributed by atoms with Gasteiger partial charge in [-0.2, -0.15) is 0 Å². The van der Waals surface area contributed by atoms with Crippen molar-refractivity contribution in [3.05, 3.63) is 48.1 Å². The van der Waals surface area contributed by atoms with Crippen LogP contribution in [-0.4, -0.2) is 0 Å². The van der Waals surface area contributed by atoms with Gasteiger partial charge in [-0.3, -0.25) is 0 Å². The van der Waals surface area contributed by atoms with Gasteiger partial charge < -0.3 is 0 Å². The molecule has 0 spiro atoms. The van der Waals surface area contributed by atoms with Crippen LogP contribution in [0.15, 0.2) is 48.1 Å². The molecule has 0 heteroatoms. The number of allylic oxidation sites excluding steroid dienone is 7. The Labute approximate surface area is 81.4 Å². The third-order valence-electron chi connectivity index (χ3n) is 2.20. The molecule has 0 saturated heterocycles. The van der Waals surface area contributed by atoms with Crippen molar-refractivity contribution in [3.63, 3.8) is 0 Å². The zero-order valence-corrected chi connectivity index (χ0v) is 8.80. The standard InChI is InChI=1S/C13H18/c1-5-6-11(2)9-12-7-8-13(3,4)10-12/h5-9H,1,10H2,2-4H3/b11-6-,12-9-. The second-order valence-corrected chi connectivity index (χ2v) is 4.36. The molecule has 0 atom stereocenters. The molecule has 1 rings (SSSR count). The Morgan fingerprint density at radius 1 is 1.54 bits per heavy atom. The SMILES string of the molecule is C=C/C=C(C)\C=C1\C=CC(C)(C)C1. The minimum absolute atomic E-state index is 0.348. The van der Waals surface area contributed by atoms with Crippen molar-refractivity contribution in [2.24, 2.45) is 5.41 Å². The summed E-state index contributed by atoms with van der Waals surface area (Å²) in [5.74, 6) is 0. The third-order valence-corrected chi connectivity index (χ3v) is 2.20. The molecule has 1 aliphatic carbocycles. The maximum Gasteiger partial charge on any atom is -0.0131 e. The van der Waals surface area contributed by atoms with Gasteiger partial charge in [0.15, 0.2) is 0 Å². The molecule has 0 saturated carbocycles. The van der Waals surface area contributed by atoms with E-state index in [1.165, 1.54) is 11.1 Å². The van der Waals surface area contributed by atoms with Crippen molar-refractivity contribution in [2.75, 3.05) is 0 Å². The minimum Gasteiger partial charge on any atom is -0.0991 e. The van der Waals surface area contributed by atoms with Gasteiger partial charge in [-0.05, 0) is 24.3 Å². The average Bonchev–Trinajstić information content (AvgIpc) is 2.30. The van der Waals surface area contributed by atoms with Crippen molar-refractivity contribution in [1.82, 2.24) is 0 Å². The molecular weight excluding hydrogens is 156 g/mol. The summed E-state index contributed by atoms with van der Waals surface area (Å²) in [4.78, 5) is 0. The molecule has 0 aliphatic heterocycles. The lowest BCUT2D eigenvalue weighted by Gasteiger charge is -2.13. The Morgan fingerprint density at radius 2 is 2.23 bits per heavy atom. The summed E-state index contributed by atoms with van der Waals surface area (Å²) in [7, 11) is 0. The van der Waals surface area contributed by atoms with E-state index in [1.54, 1.807) is 0 Å². The van der Waals surface area contributed by atoms with E-state index in [0.29, 0.717) is 5.41 Å².